The Morgan fingerprint density at radius 3 is 2.59 bits per heavy atom. The molecule has 17 heavy (non-hydrogen) atoms. The number of rotatable bonds is 6. The number of hydrogen-bond acceptors (Lipinski definition) is 1. The minimum atomic E-state index is -0.158. The van der Waals surface area contributed by atoms with Gasteiger partial charge in [-0.15, -0.1) is 11.6 Å². The normalized spacial score (nSPS) is 14.1. The highest BCUT2D eigenvalue weighted by Gasteiger charge is 2.13. The largest absolute Gasteiger partial charge is 0.354 e. The summed E-state index contributed by atoms with van der Waals surface area (Å²) in [5.41, 5.74) is 1.04. The van der Waals surface area contributed by atoms with E-state index in [1.165, 1.54) is 0 Å². The Morgan fingerprint density at radius 1 is 1.35 bits per heavy atom. The van der Waals surface area contributed by atoms with Crippen molar-refractivity contribution in [2.45, 2.75) is 32.1 Å². The Kier molecular flexibility index (Phi) is 6.06. The molecule has 0 radical (unpaired) electrons. The second-order valence-corrected chi connectivity index (χ2v) is 4.84. The van der Waals surface area contributed by atoms with E-state index in [9.17, 15) is 4.79 Å². The Balaban J connectivity index is 2.38. The molecule has 1 N–H and O–H groups in total. The van der Waals surface area contributed by atoms with Gasteiger partial charge in [-0.1, -0.05) is 50.6 Å². The molecule has 0 fully saturated rings. The summed E-state index contributed by atoms with van der Waals surface area (Å²) in [5.74, 6) is 0.160. The van der Waals surface area contributed by atoms with Crippen LogP contribution in [0, 0.1) is 5.92 Å². The number of hydrogen-bond donors (Lipinski definition) is 1. The lowest BCUT2D eigenvalue weighted by Crippen LogP contribution is -2.31. The molecule has 1 aromatic carbocycles. The summed E-state index contributed by atoms with van der Waals surface area (Å²) in [6.45, 7) is 4.52. The first kappa shape index (κ1) is 14.0. The van der Waals surface area contributed by atoms with Crippen LogP contribution in [0.5, 0.6) is 0 Å². The van der Waals surface area contributed by atoms with E-state index in [1.54, 1.807) is 0 Å². The molecule has 1 rings (SSSR count). The van der Waals surface area contributed by atoms with Crippen molar-refractivity contribution >= 4 is 17.5 Å². The van der Waals surface area contributed by atoms with Gasteiger partial charge in [-0.2, -0.15) is 0 Å². The van der Waals surface area contributed by atoms with E-state index in [0.717, 1.165) is 18.4 Å². The van der Waals surface area contributed by atoms with E-state index in [0.29, 0.717) is 6.54 Å². The summed E-state index contributed by atoms with van der Waals surface area (Å²) in [4.78, 5) is 11.7. The SMILES string of the molecule is CCCC(C)C(=O)NCC(Cl)c1ccccc1. The maximum absolute atomic E-state index is 11.7. The van der Waals surface area contributed by atoms with Crippen molar-refractivity contribution in [3.8, 4) is 0 Å². The van der Waals surface area contributed by atoms with Gasteiger partial charge in [0, 0.05) is 12.5 Å². The minimum absolute atomic E-state index is 0.0691. The number of carbonyl (C=O) groups is 1. The van der Waals surface area contributed by atoms with Crippen molar-refractivity contribution in [1.82, 2.24) is 5.32 Å². The third-order valence-corrected chi connectivity index (χ3v) is 3.19. The van der Waals surface area contributed by atoms with Crippen LogP contribution in [0.1, 0.15) is 37.6 Å². The predicted molar refractivity (Wildman–Crippen MR) is 72.1 cm³/mol. The van der Waals surface area contributed by atoms with Crippen LogP contribution in [0.15, 0.2) is 30.3 Å². The molecule has 3 heteroatoms. The first-order valence-corrected chi connectivity index (χ1v) is 6.55. The fourth-order valence-corrected chi connectivity index (χ4v) is 1.93. The zero-order valence-corrected chi connectivity index (χ0v) is 11.2. The smallest absolute Gasteiger partial charge is 0.222 e. The van der Waals surface area contributed by atoms with Crippen LogP contribution < -0.4 is 5.32 Å². The fraction of sp³-hybridized carbons (Fsp3) is 0.500. The fourth-order valence-electron chi connectivity index (χ4n) is 1.71. The van der Waals surface area contributed by atoms with E-state index in [4.69, 9.17) is 11.6 Å². The molecule has 0 aliphatic carbocycles. The Morgan fingerprint density at radius 2 is 2.00 bits per heavy atom. The second kappa shape index (κ2) is 7.33. The van der Waals surface area contributed by atoms with Crippen molar-refractivity contribution in [2.75, 3.05) is 6.54 Å². The van der Waals surface area contributed by atoms with Crippen molar-refractivity contribution in [2.24, 2.45) is 5.92 Å². The highest BCUT2D eigenvalue weighted by atomic mass is 35.5. The molecule has 2 nitrogen and oxygen atoms in total. The lowest BCUT2D eigenvalue weighted by molar-refractivity contribution is -0.124. The number of nitrogens with one attached hydrogen (secondary N) is 1. The van der Waals surface area contributed by atoms with Gasteiger partial charge in [-0.3, -0.25) is 4.79 Å². The zero-order chi connectivity index (χ0) is 12.7. The first-order valence-electron chi connectivity index (χ1n) is 6.11. The van der Waals surface area contributed by atoms with E-state index < -0.39 is 0 Å². The second-order valence-electron chi connectivity index (χ2n) is 4.31. The summed E-state index contributed by atoms with van der Waals surface area (Å²) < 4.78 is 0. The van der Waals surface area contributed by atoms with Gasteiger partial charge in [-0.25, -0.2) is 0 Å². The predicted octanol–water partition coefficient (Wildman–Crippen LogP) is 3.52. The molecule has 2 atom stereocenters. The molecule has 0 spiro atoms. The molecule has 0 saturated carbocycles. The Bertz CT molecular complexity index is 339. The third-order valence-electron chi connectivity index (χ3n) is 2.79. The van der Waals surface area contributed by atoms with Gasteiger partial charge in [0.25, 0.3) is 0 Å². The van der Waals surface area contributed by atoms with Crippen LogP contribution in [0.3, 0.4) is 0 Å². The molecule has 1 amide bonds. The standard InChI is InChI=1S/C14H20ClNO/c1-3-7-11(2)14(17)16-10-13(15)12-8-5-4-6-9-12/h4-6,8-9,11,13H,3,7,10H2,1-2H3,(H,16,17). The van der Waals surface area contributed by atoms with Crippen LogP contribution in [-0.2, 0) is 4.79 Å². The minimum Gasteiger partial charge on any atom is -0.354 e. The highest BCUT2D eigenvalue weighted by molar-refractivity contribution is 6.21. The van der Waals surface area contributed by atoms with Crippen LogP contribution in [0.4, 0.5) is 0 Å². The molecule has 2 unspecified atom stereocenters. The van der Waals surface area contributed by atoms with Gasteiger partial charge < -0.3 is 5.32 Å². The van der Waals surface area contributed by atoms with E-state index in [2.05, 4.69) is 12.2 Å². The van der Waals surface area contributed by atoms with Crippen molar-refractivity contribution in [3.05, 3.63) is 35.9 Å². The molecule has 94 valence electrons. The Hall–Kier alpha value is -1.02. The Labute approximate surface area is 108 Å². The lowest BCUT2D eigenvalue weighted by Gasteiger charge is -2.14. The third kappa shape index (κ3) is 4.78. The topological polar surface area (TPSA) is 29.1 Å². The van der Waals surface area contributed by atoms with Gasteiger partial charge in [0.05, 0.1) is 5.38 Å². The molecule has 1 aromatic rings. The summed E-state index contributed by atoms with van der Waals surface area (Å²) in [5, 5.41) is 2.74. The van der Waals surface area contributed by atoms with Crippen LogP contribution in [-0.4, -0.2) is 12.5 Å². The zero-order valence-electron chi connectivity index (χ0n) is 10.4. The van der Waals surface area contributed by atoms with E-state index in [-0.39, 0.29) is 17.2 Å². The monoisotopic (exact) mass is 253 g/mol. The van der Waals surface area contributed by atoms with Crippen LogP contribution in [0.2, 0.25) is 0 Å². The lowest BCUT2D eigenvalue weighted by atomic mass is 10.1. The summed E-state index contributed by atoms with van der Waals surface area (Å²) in [6.07, 6.45) is 1.95. The maximum Gasteiger partial charge on any atom is 0.222 e. The van der Waals surface area contributed by atoms with Crippen LogP contribution in [0.25, 0.3) is 0 Å². The average Bonchev–Trinajstić information content (AvgIpc) is 2.36. The van der Waals surface area contributed by atoms with Gasteiger partial charge in [-0.05, 0) is 12.0 Å². The van der Waals surface area contributed by atoms with Gasteiger partial charge in [0.1, 0.15) is 0 Å². The quantitative estimate of drug-likeness (QED) is 0.773. The number of carbonyl (C=O) groups excluding carboxylic acids is 1. The average molecular weight is 254 g/mol. The molecular formula is C14H20ClNO. The van der Waals surface area contributed by atoms with E-state index in [1.807, 2.05) is 37.3 Å². The summed E-state index contributed by atoms with van der Waals surface area (Å²) in [6, 6.07) is 9.80. The summed E-state index contributed by atoms with van der Waals surface area (Å²) >= 11 is 6.22. The van der Waals surface area contributed by atoms with Gasteiger partial charge in [0.15, 0.2) is 0 Å². The van der Waals surface area contributed by atoms with E-state index >= 15 is 0 Å². The number of amides is 1. The number of halogens is 1. The van der Waals surface area contributed by atoms with Crippen LogP contribution >= 0.6 is 11.6 Å². The van der Waals surface area contributed by atoms with Crippen molar-refractivity contribution in [1.29, 1.82) is 0 Å². The molecule has 0 bridgehead atoms. The molecule has 0 heterocycles. The van der Waals surface area contributed by atoms with Crippen molar-refractivity contribution < 1.29 is 4.79 Å². The van der Waals surface area contributed by atoms with Crippen molar-refractivity contribution in [3.63, 3.8) is 0 Å². The molecule has 0 aliphatic heterocycles. The number of benzene rings is 1. The molecule has 0 aromatic heterocycles. The number of alkyl halides is 1. The molecule has 0 saturated heterocycles. The highest BCUT2D eigenvalue weighted by Crippen LogP contribution is 2.18. The van der Waals surface area contributed by atoms with Gasteiger partial charge in [0.2, 0.25) is 5.91 Å². The summed E-state index contributed by atoms with van der Waals surface area (Å²) in [7, 11) is 0. The first-order chi connectivity index (χ1) is 8.15. The molecular weight excluding hydrogens is 234 g/mol. The maximum atomic E-state index is 11.7. The van der Waals surface area contributed by atoms with Gasteiger partial charge >= 0.3 is 0 Å². The molecule has 0 aliphatic rings.